The first-order valence-corrected chi connectivity index (χ1v) is 8.40. The van der Waals surface area contributed by atoms with Crippen LogP contribution < -0.4 is 10.5 Å². The Balaban J connectivity index is 2.22. The lowest BCUT2D eigenvalue weighted by atomic mass is 10.1. The maximum absolute atomic E-state index is 11.4. The van der Waals surface area contributed by atoms with E-state index in [0.29, 0.717) is 5.75 Å². The van der Waals surface area contributed by atoms with E-state index in [-0.39, 0.29) is 10.9 Å². The van der Waals surface area contributed by atoms with Gasteiger partial charge in [0.1, 0.15) is 5.75 Å². The van der Waals surface area contributed by atoms with Crippen LogP contribution in [0.3, 0.4) is 0 Å². The summed E-state index contributed by atoms with van der Waals surface area (Å²) in [5, 5.41) is 0. The van der Waals surface area contributed by atoms with Crippen molar-refractivity contribution < 1.29 is 13.2 Å². The van der Waals surface area contributed by atoms with E-state index in [9.17, 15) is 8.42 Å². The molecular weight excluding hydrogens is 288 g/mol. The molecule has 0 radical (unpaired) electrons. The first-order chi connectivity index (χ1) is 9.88. The van der Waals surface area contributed by atoms with Gasteiger partial charge in [-0.25, -0.2) is 8.42 Å². The summed E-state index contributed by atoms with van der Waals surface area (Å²) in [6.45, 7) is 1.84. The molecule has 0 aliphatic carbocycles. The fourth-order valence-electron chi connectivity index (χ4n) is 1.89. The van der Waals surface area contributed by atoms with E-state index in [2.05, 4.69) is 4.98 Å². The Labute approximate surface area is 124 Å². The minimum Gasteiger partial charge on any atom is -0.483 e. The van der Waals surface area contributed by atoms with Gasteiger partial charge in [0.05, 0.1) is 10.6 Å². The minimum absolute atomic E-state index is 0.255. The van der Waals surface area contributed by atoms with Gasteiger partial charge >= 0.3 is 0 Å². The van der Waals surface area contributed by atoms with E-state index < -0.39 is 15.9 Å². The molecule has 2 rings (SSSR count). The number of nitrogens with two attached hydrogens (primary N) is 1. The molecule has 2 aromatic rings. The normalized spacial score (nSPS) is 14.4. The smallest absolute Gasteiger partial charge is 0.175 e. The third-order valence-electron chi connectivity index (χ3n) is 2.97. The summed E-state index contributed by atoms with van der Waals surface area (Å²) >= 11 is 0. The number of hydrogen-bond acceptors (Lipinski definition) is 5. The second-order valence-corrected chi connectivity index (χ2v) is 6.91. The van der Waals surface area contributed by atoms with Gasteiger partial charge < -0.3 is 10.5 Å². The lowest BCUT2D eigenvalue weighted by Gasteiger charge is -2.22. The predicted molar refractivity (Wildman–Crippen MR) is 80.8 cm³/mol. The van der Waals surface area contributed by atoms with Crippen LogP contribution in [0, 0.1) is 0 Å². The highest BCUT2D eigenvalue weighted by Crippen LogP contribution is 2.24. The molecule has 0 saturated heterocycles. The predicted octanol–water partition coefficient (Wildman–Crippen LogP) is 1.95. The van der Waals surface area contributed by atoms with Gasteiger partial charge in [0.15, 0.2) is 15.9 Å². The number of pyridine rings is 1. The summed E-state index contributed by atoms with van der Waals surface area (Å²) in [6, 6.07) is 11.6. The number of sulfone groups is 1. The van der Waals surface area contributed by atoms with Crippen LogP contribution in [-0.2, 0) is 9.84 Å². The van der Waals surface area contributed by atoms with Crippen molar-refractivity contribution in [2.45, 2.75) is 24.0 Å². The SMILES string of the molecule is CC(N)C(Oc1ccc(S(C)(=O)=O)cc1)c1ccccn1. The standard InChI is InChI=1S/C15H18N2O3S/c1-11(16)15(14-5-3-4-10-17-14)20-12-6-8-13(9-7-12)21(2,18)19/h3-11,15H,16H2,1-2H3. The number of aromatic nitrogens is 1. The van der Waals surface area contributed by atoms with Crippen molar-refractivity contribution in [1.82, 2.24) is 4.98 Å². The Morgan fingerprint density at radius 2 is 1.81 bits per heavy atom. The van der Waals surface area contributed by atoms with Crippen LogP contribution in [0.25, 0.3) is 0 Å². The molecule has 2 N–H and O–H groups in total. The van der Waals surface area contributed by atoms with Crippen LogP contribution in [0.5, 0.6) is 5.75 Å². The Kier molecular flexibility index (Phi) is 4.59. The molecule has 0 spiro atoms. The zero-order valence-corrected chi connectivity index (χ0v) is 12.7. The first-order valence-electron chi connectivity index (χ1n) is 6.51. The molecular formula is C15H18N2O3S. The van der Waals surface area contributed by atoms with E-state index in [4.69, 9.17) is 10.5 Å². The molecule has 0 fully saturated rings. The Bertz CT molecular complexity index is 683. The van der Waals surface area contributed by atoms with Crippen molar-refractivity contribution in [1.29, 1.82) is 0 Å². The van der Waals surface area contributed by atoms with Crippen LogP contribution in [0.4, 0.5) is 0 Å². The number of hydrogen-bond donors (Lipinski definition) is 1. The monoisotopic (exact) mass is 306 g/mol. The van der Waals surface area contributed by atoms with Gasteiger partial charge in [0.25, 0.3) is 0 Å². The second-order valence-electron chi connectivity index (χ2n) is 4.90. The third-order valence-corrected chi connectivity index (χ3v) is 4.10. The molecule has 0 amide bonds. The summed E-state index contributed by atoms with van der Waals surface area (Å²) in [5.74, 6) is 0.551. The molecule has 0 aliphatic heterocycles. The molecule has 2 unspecified atom stereocenters. The van der Waals surface area contributed by atoms with Crippen molar-refractivity contribution in [3.63, 3.8) is 0 Å². The number of benzene rings is 1. The van der Waals surface area contributed by atoms with Gasteiger partial charge in [-0.2, -0.15) is 0 Å². The summed E-state index contributed by atoms with van der Waals surface area (Å²) in [5.41, 5.74) is 6.69. The highest BCUT2D eigenvalue weighted by Gasteiger charge is 2.19. The highest BCUT2D eigenvalue weighted by atomic mass is 32.2. The third kappa shape index (κ3) is 4.03. The molecule has 21 heavy (non-hydrogen) atoms. The second kappa shape index (κ2) is 6.24. The zero-order chi connectivity index (χ0) is 15.5. The molecule has 0 bridgehead atoms. The largest absolute Gasteiger partial charge is 0.483 e. The molecule has 1 heterocycles. The summed E-state index contributed by atoms with van der Waals surface area (Å²) in [6.07, 6.45) is 2.46. The van der Waals surface area contributed by atoms with Crippen LogP contribution in [-0.4, -0.2) is 25.7 Å². The lowest BCUT2D eigenvalue weighted by molar-refractivity contribution is 0.175. The van der Waals surface area contributed by atoms with Crippen LogP contribution in [0.15, 0.2) is 53.6 Å². The van der Waals surface area contributed by atoms with Crippen molar-refractivity contribution in [3.8, 4) is 5.75 Å². The number of rotatable bonds is 5. The van der Waals surface area contributed by atoms with Gasteiger partial charge in [-0.15, -0.1) is 0 Å². The van der Waals surface area contributed by atoms with Crippen molar-refractivity contribution in [2.24, 2.45) is 5.73 Å². The van der Waals surface area contributed by atoms with Crippen molar-refractivity contribution >= 4 is 9.84 Å². The Morgan fingerprint density at radius 1 is 1.14 bits per heavy atom. The van der Waals surface area contributed by atoms with Gasteiger partial charge in [0.2, 0.25) is 0 Å². The van der Waals surface area contributed by atoms with Gasteiger partial charge in [0, 0.05) is 18.5 Å². The topological polar surface area (TPSA) is 82.3 Å². The zero-order valence-electron chi connectivity index (χ0n) is 11.9. The molecule has 0 aliphatic rings. The molecule has 5 nitrogen and oxygen atoms in total. The van der Waals surface area contributed by atoms with Crippen molar-refractivity contribution in [2.75, 3.05) is 6.26 Å². The average Bonchev–Trinajstić information content (AvgIpc) is 2.45. The molecule has 1 aromatic carbocycles. The fourth-order valence-corrected chi connectivity index (χ4v) is 2.52. The maximum atomic E-state index is 11.4. The van der Waals surface area contributed by atoms with Crippen LogP contribution in [0.1, 0.15) is 18.7 Å². The van der Waals surface area contributed by atoms with Crippen LogP contribution in [0.2, 0.25) is 0 Å². The minimum atomic E-state index is -3.21. The number of ether oxygens (including phenoxy) is 1. The van der Waals surface area contributed by atoms with E-state index >= 15 is 0 Å². The average molecular weight is 306 g/mol. The summed E-state index contributed by atoms with van der Waals surface area (Å²) in [7, 11) is -3.21. The molecule has 112 valence electrons. The van der Waals surface area contributed by atoms with Crippen molar-refractivity contribution in [3.05, 3.63) is 54.4 Å². The van der Waals surface area contributed by atoms with Crippen LogP contribution >= 0.6 is 0 Å². The van der Waals surface area contributed by atoms with Gasteiger partial charge in [-0.05, 0) is 43.3 Å². The molecule has 1 aromatic heterocycles. The van der Waals surface area contributed by atoms with Gasteiger partial charge in [-0.1, -0.05) is 6.07 Å². The summed E-state index contributed by atoms with van der Waals surface area (Å²) < 4.78 is 28.7. The van der Waals surface area contributed by atoms with Gasteiger partial charge in [-0.3, -0.25) is 4.98 Å². The lowest BCUT2D eigenvalue weighted by Crippen LogP contribution is -2.29. The Hall–Kier alpha value is -1.92. The van der Waals surface area contributed by atoms with E-state index in [1.165, 1.54) is 18.4 Å². The van der Waals surface area contributed by atoms with E-state index in [1.54, 1.807) is 18.3 Å². The molecule has 2 atom stereocenters. The van der Waals surface area contributed by atoms with E-state index in [1.807, 2.05) is 25.1 Å². The fraction of sp³-hybridized carbons (Fsp3) is 0.267. The maximum Gasteiger partial charge on any atom is 0.175 e. The molecule has 6 heteroatoms. The summed E-state index contributed by atoms with van der Waals surface area (Å²) in [4.78, 5) is 4.51. The quantitative estimate of drug-likeness (QED) is 0.913. The molecule has 0 saturated carbocycles. The highest BCUT2D eigenvalue weighted by molar-refractivity contribution is 7.90. The Morgan fingerprint density at radius 3 is 2.29 bits per heavy atom. The van der Waals surface area contributed by atoms with E-state index in [0.717, 1.165) is 5.69 Å². The first kappa shape index (κ1) is 15.5. The number of nitrogens with zero attached hydrogens (tertiary/aromatic N) is 1.